The molecule has 0 aromatic carbocycles. The molecule has 90 valence electrons. The van der Waals surface area contributed by atoms with Crippen LogP contribution in [0.2, 0.25) is 0 Å². The first-order chi connectivity index (χ1) is 6.91. The van der Waals surface area contributed by atoms with Gasteiger partial charge in [0.1, 0.15) is 0 Å². The van der Waals surface area contributed by atoms with Gasteiger partial charge in [-0.1, -0.05) is 13.8 Å². The lowest BCUT2D eigenvalue weighted by molar-refractivity contribution is 0.139. The predicted octanol–water partition coefficient (Wildman–Crippen LogP) is 2.49. The second-order valence-corrected chi connectivity index (χ2v) is 6.12. The molecular weight excluding hydrogens is 184 g/mol. The molecule has 1 heterocycles. The van der Waals surface area contributed by atoms with E-state index in [-0.39, 0.29) is 0 Å². The van der Waals surface area contributed by atoms with Gasteiger partial charge >= 0.3 is 0 Å². The summed E-state index contributed by atoms with van der Waals surface area (Å²) in [6, 6.07) is 0.778. The molecule has 2 nitrogen and oxygen atoms in total. The van der Waals surface area contributed by atoms with Crippen molar-refractivity contribution >= 4 is 0 Å². The van der Waals surface area contributed by atoms with E-state index in [9.17, 15) is 0 Å². The molecule has 1 unspecified atom stereocenters. The molecule has 0 spiro atoms. The van der Waals surface area contributed by atoms with E-state index in [2.05, 4.69) is 45.0 Å². The molecule has 0 saturated carbocycles. The zero-order valence-electron chi connectivity index (χ0n) is 11.1. The van der Waals surface area contributed by atoms with Crippen molar-refractivity contribution in [2.45, 2.75) is 58.5 Å². The van der Waals surface area contributed by atoms with Crippen molar-refractivity contribution in [3.63, 3.8) is 0 Å². The first-order valence-corrected chi connectivity index (χ1v) is 6.36. The second-order valence-electron chi connectivity index (χ2n) is 6.12. The molecule has 0 aromatic heterocycles. The van der Waals surface area contributed by atoms with Crippen LogP contribution in [0.25, 0.3) is 0 Å². The first kappa shape index (κ1) is 13.0. The molecule has 0 bridgehead atoms. The molecule has 15 heavy (non-hydrogen) atoms. The monoisotopic (exact) mass is 212 g/mol. The Morgan fingerprint density at radius 3 is 2.60 bits per heavy atom. The topological polar surface area (TPSA) is 15.3 Å². The first-order valence-electron chi connectivity index (χ1n) is 6.36. The van der Waals surface area contributed by atoms with E-state index in [4.69, 9.17) is 0 Å². The fourth-order valence-corrected chi connectivity index (χ4v) is 2.36. The van der Waals surface area contributed by atoms with Crippen LogP contribution in [0.15, 0.2) is 0 Å². The Kier molecular flexibility index (Phi) is 4.60. The van der Waals surface area contributed by atoms with E-state index in [0.717, 1.165) is 12.0 Å². The quantitative estimate of drug-likeness (QED) is 0.770. The lowest BCUT2D eigenvalue weighted by Gasteiger charge is -2.40. The maximum atomic E-state index is 3.58. The molecule has 1 rings (SSSR count). The summed E-state index contributed by atoms with van der Waals surface area (Å²) in [5.41, 5.74) is 0.328. The van der Waals surface area contributed by atoms with Crippen molar-refractivity contribution in [2.24, 2.45) is 5.92 Å². The fourth-order valence-electron chi connectivity index (χ4n) is 2.36. The van der Waals surface area contributed by atoms with E-state index in [1.807, 2.05) is 0 Å². The minimum absolute atomic E-state index is 0.328. The Morgan fingerprint density at radius 1 is 1.40 bits per heavy atom. The van der Waals surface area contributed by atoms with Crippen LogP contribution in [0.5, 0.6) is 0 Å². The summed E-state index contributed by atoms with van der Waals surface area (Å²) in [4.78, 5) is 2.56. The molecule has 0 aliphatic carbocycles. The molecule has 1 fully saturated rings. The molecule has 0 aromatic rings. The van der Waals surface area contributed by atoms with Crippen molar-refractivity contribution in [1.82, 2.24) is 10.2 Å². The molecule has 1 aliphatic rings. The largest absolute Gasteiger partial charge is 0.312 e. The van der Waals surface area contributed by atoms with Crippen LogP contribution in [-0.2, 0) is 0 Å². The third-order valence-electron chi connectivity index (χ3n) is 3.51. The number of nitrogens with zero attached hydrogens (tertiary/aromatic N) is 1. The maximum Gasteiger partial charge on any atom is 0.0140 e. The van der Waals surface area contributed by atoms with E-state index in [1.54, 1.807) is 0 Å². The highest BCUT2D eigenvalue weighted by molar-refractivity contribution is 4.89. The van der Waals surface area contributed by atoms with Gasteiger partial charge in [0.2, 0.25) is 0 Å². The number of hydrogen-bond acceptors (Lipinski definition) is 2. The Bertz CT molecular complexity index is 187. The minimum atomic E-state index is 0.328. The smallest absolute Gasteiger partial charge is 0.0140 e. The predicted molar refractivity (Wildman–Crippen MR) is 67.2 cm³/mol. The second kappa shape index (κ2) is 5.31. The van der Waals surface area contributed by atoms with Gasteiger partial charge in [-0.25, -0.2) is 0 Å². The van der Waals surface area contributed by atoms with E-state index < -0.39 is 0 Å². The zero-order valence-corrected chi connectivity index (χ0v) is 11.1. The van der Waals surface area contributed by atoms with E-state index in [1.165, 1.54) is 32.4 Å². The lowest BCUT2D eigenvalue weighted by atomic mass is 9.88. The summed E-state index contributed by atoms with van der Waals surface area (Å²) in [5.74, 6) is 0.821. The SMILES string of the molecule is CC(C)CCN(C)C1CCNC(C)(C)C1. The third kappa shape index (κ3) is 4.52. The Morgan fingerprint density at radius 2 is 2.07 bits per heavy atom. The molecule has 0 radical (unpaired) electrons. The van der Waals surface area contributed by atoms with Gasteiger partial charge in [-0.15, -0.1) is 0 Å². The van der Waals surface area contributed by atoms with Gasteiger partial charge in [0.15, 0.2) is 0 Å². The Hall–Kier alpha value is -0.0800. The summed E-state index contributed by atoms with van der Waals surface area (Å²) in [7, 11) is 2.29. The molecule has 1 atom stereocenters. The van der Waals surface area contributed by atoms with E-state index >= 15 is 0 Å². The molecule has 1 N–H and O–H groups in total. The van der Waals surface area contributed by atoms with Crippen LogP contribution in [0, 0.1) is 5.92 Å². The van der Waals surface area contributed by atoms with Gasteiger partial charge in [-0.05, 0) is 59.2 Å². The number of piperidine rings is 1. The highest BCUT2D eigenvalue weighted by Crippen LogP contribution is 2.22. The van der Waals surface area contributed by atoms with Gasteiger partial charge < -0.3 is 10.2 Å². The Balaban J connectivity index is 2.35. The van der Waals surface area contributed by atoms with Crippen LogP contribution in [0.1, 0.15) is 47.0 Å². The van der Waals surface area contributed by atoms with Gasteiger partial charge in [-0.3, -0.25) is 0 Å². The summed E-state index contributed by atoms with van der Waals surface area (Å²) in [5, 5.41) is 3.58. The molecule has 0 amide bonds. The summed E-state index contributed by atoms with van der Waals surface area (Å²) >= 11 is 0. The number of nitrogens with one attached hydrogen (secondary N) is 1. The van der Waals surface area contributed by atoms with Gasteiger partial charge in [0.05, 0.1) is 0 Å². The van der Waals surface area contributed by atoms with Crippen molar-refractivity contribution in [3.8, 4) is 0 Å². The normalized spacial score (nSPS) is 26.2. The van der Waals surface area contributed by atoms with Crippen LogP contribution in [-0.4, -0.2) is 36.6 Å². The summed E-state index contributed by atoms with van der Waals surface area (Å²) < 4.78 is 0. The summed E-state index contributed by atoms with van der Waals surface area (Å²) in [6.07, 6.45) is 3.90. The maximum absolute atomic E-state index is 3.58. The highest BCUT2D eigenvalue weighted by Gasteiger charge is 2.29. The third-order valence-corrected chi connectivity index (χ3v) is 3.51. The number of hydrogen-bond donors (Lipinski definition) is 1. The summed E-state index contributed by atoms with van der Waals surface area (Å²) in [6.45, 7) is 11.7. The molecular formula is C13H28N2. The van der Waals surface area contributed by atoms with E-state index in [0.29, 0.717) is 5.54 Å². The van der Waals surface area contributed by atoms with Crippen molar-refractivity contribution in [1.29, 1.82) is 0 Å². The van der Waals surface area contributed by atoms with Crippen molar-refractivity contribution in [3.05, 3.63) is 0 Å². The average Bonchev–Trinajstić information content (AvgIpc) is 2.12. The lowest BCUT2D eigenvalue weighted by Crippen LogP contribution is -2.52. The minimum Gasteiger partial charge on any atom is -0.312 e. The highest BCUT2D eigenvalue weighted by atomic mass is 15.1. The van der Waals surface area contributed by atoms with Crippen LogP contribution in [0.3, 0.4) is 0 Å². The number of rotatable bonds is 4. The van der Waals surface area contributed by atoms with Crippen LogP contribution in [0.4, 0.5) is 0 Å². The average molecular weight is 212 g/mol. The van der Waals surface area contributed by atoms with Crippen LogP contribution >= 0.6 is 0 Å². The standard InChI is InChI=1S/C13H28N2/c1-11(2)7-9-15(5)12-6-8-14-13(3,4)10-12/h11-12,14H,6-10H2,1-5H3. The van der Waals surface area contributed by atoms with Gasteiger partial charge in [0, 0.05) is 11.6 Å². The van der Waals surface area contributed by atoms with Crippen LogP contribution < -0.4 is 5.32 Å². The van der Waals surface area contributed by atoms with Crippen molar-refractivity contribution < 1.29 is 0 Å². The molecule has 2 heteroatoms. The molecule has 1 saturated heterocycles. The molecule has 1 aliphatic heterocycles. The Labute approximate surface area is 95.4 Å². The van der Waals surface area contributed by atoms with Gasteiger partial charge in [-0.2, -0.15) is 0 Å². The zero-order chi connectivity index (χ0) is 11.5. The van der Waals surface area contributed by atoms with Gasteiger partial charge in [0.25, 0.3) is 0 Å². The fraction of sp³-hybridized carbons (Fsp3) is 1.00. The van der Waals surface area contributed by atoms with Crippen molar-refractivity contribution in [2.75, 3.05) is 20.1 Å².